The van der Waals surface area contributed by atoms with Crippen LogP contribution in [-0.2, 0) is 18.4 Å². The van der Waals surface area contributed by atoms with Crippen molar-refractivity contribution in [3.05, 3.63) is 109 Å². The van der Waals surface area contributed by atoms with Gasteiger partial charge in [-0.15, -0.1) is 0 Å². The Morgan fingerprint density at radius 1 is 0.474 bits per heavy atom. The van der Waals surface area contributed by atoms with Crippen molar-refractivity contribution in [2.24, 2.45) is 0 Å². The zero-order valence-corrected chi connectivity index (χ0v) is 50.8. The summed E-state index contributed by atoms with van der Waals surface area (Å²) in [6, 6.07) is -0.892. The van der Waals surface area contributed by atoms with Gasteiger partial charge in [-0.25, -0.2) is 0 Å². The monoisotopic (exact) mass is 1080 g/mol. The number of allylic oxidation sites excluding steroid dienone is 17. The molecule has 0 aliphatic carbocycles. The molecule has 0 saturated carbocycles. The molecule has 0 spiro atoms. The minimum Gasteiger partial charge on any atom is -0.756 e. The van der Waals surface area contributed by atoms with Gasteiger partial charge in [0.15, 0.2) is 0 Å². The third-order valence-corrected chi connectivity index (χ3v) is 14.5. The van der Waals surface area contributed by atoms with E-state index in [9.17, 15) is 19.4 Å². The Labute approximate surface area is 470 Å². The van der Waals surface area contributed by atoms with E-state index < -0.39 is 20.0 Å². The van der Waals surface area contributed by atoms with Gasteiger partial charge in [-0.1, -0.05) is 277 Å². The molecule has 0 aromatic carbocycles. The lowest BCUT2D eigenvalue weighted by Crippen LogP contribution is -2.45. The number of aliphatic hydroxyl groups excluding tert-OH is 1. The van der Waals surface area contributed by atoms with E-state index in [4.69, 9.17) is 9.05 Å². The first-order chi connectivity index (χ1) is 37.0. The second kappa shape index (κ2) is 56.9. The maximum atomic E-state index is 13.0. The van der Waals surface area contributed by atoms with Crippen molar-refractivity contribution in [1.29, 1.82) is 0 Å². The number of hydrogen-bond acceptors (Lipinski definition) is 6. The van der Waals surface area contributed by atoms with Crippen LogP contribution in [-0.4, -0.2) is 68.5 Å². The summed E-state index contributed by atoms with van der Waals surface area (Å²) in [4.78, 5) is 25.5. The summed E-state index contributed by atoms with van der Waals surface area (Å²) in [5, 5.41) is 13.9. The van der Waals surface area contributed by atoms with Crippen LogP contribution in [0.3, 0.4) is 0 Å². The molecule has 0 aliphatic rings. The molecule has 0 heterocycles. The predicted octanol–water partition coefficient (Wildman–Crippen LogP) is 18.9. The zero-order chi connectivity index (χ0) is 55.6. The summed E-state index contributed by atoms with van der Waals surface area (Å²) in [6.45, 7) is 4.54. The lowest BCUT2D eigenvalue weighted by molar-refractivity contribution is -0.870. The Hall–Kier alpha value is -2.84. The van der Waals surface area contributed by atoms with Crippen LogP contribution in [0.15, 0.2) is 109 Å². The number of phosphoric acid groups is 1. The van der Waals surface area contributed by atoms with E-state index in [2.05, 4.69) is 116 Å². The van der Waals surface area contributed by atoms with Gasteiger partial charge in [0.1, 0.15) is 13.2 Å². The number of quaternary nitrogens is 1. The maximum Gasteiger partial charge on any atom is 0.268 e. The highest BCUT2D eigenvalue weighted by Gasteiger charge is 2.23. The molecule has 0 radical (unpaired) electrons. The first-order valence-corrected chi connectivity index (χ1v) is 32.7. The van der Waals surface area contributed by atoms with Crippen molar-refractivity contribution in [3.8, 4) is 0 Å². The van der Waals surface area contributed by atoms with Gasteiger partial charge in [0.05, 0.1) is 39.9 Å². The van der Waals surface area contributed by atoms with E-state index in [0.29, 0.717) is 17.4 Å². The average molecular weight is 1080 g/mol. The van der Waals surface area contributed by atoms with Crippen molar-refractivity contribution in [1.82, 2.24) is 5.32 Å². The lowest BCUT2D eigenvalue weighted by Gasteiger charge is -2.29. The second-order valence-corrected chi connectivity index (χ2v) is 23.4. The van der Waals surface area contributed by atoms with E-state index in [1.165, 1.54) is 148 Å². The van der Waals surface area contributed by atoms with Crippen molar-refractivity contribution < 1.29 is 32.9 Å². The molecule has 9 heteroatoms. The van der Waals surface area contributed by atoms with Crippen molar-refractivity contribution >= 4 is 13.7 Å². The molecule has 8 nitrogen and oxygen atoms in total. The summed E-state index contributed by atoms with van der Waals surface area (Å²) in [7, 11) is 1.26. The molecule has 0 rings (SSSR count). The number of hydrogen-bond donors (Lipinski definition) is 2. The highest BCUT2D eigenvalue weighted by Crippen LogP contribution is 2.38. The van der Waals surface area contributed by atoms with Gasteiger partial charge in [0.25, 0.3) is 7.82 Å². The van der Waals surface area contributed by atoms with Gasteiger partial charge in [0.2, 0.25) is 5.91 Å². The fraction of sp³-hybridized carbons (Fsp3) is 0.716. The van der Waals surface area contributed by atoms with E-state index in [1.807, 2.05) is 27.2 Å². The van der Waals surface area contributed by atoms with Gasteiger partial charge in [-0.3, -0.25) is 9.36 Å². The van der Waals surface area contributed by atoms with Crippen molar-refractivity contribution in [3.63, 3.8) is 0 Å². The standard InChI is InChI=1S/C67H119N2O6P/c1-6-8-10-12-14-16-18-20-22-23-24-25-26-27-28-29-30-31-32-33-34-35-36-37-38-39-40-41-42-43-44-45-47-49-51-53-55-57-59-61-67(71)68-65(64-75-76(72,73)74-63-62-69(3,4)5)66(70)60-58-56-54-52-50-48-46-21-19-17-15-13-11-9-7-2/h8,10,14,16,20,22,24-25,27-28,30-31,33-34,36-37,58,60,65-66,70H,6-7,9,11-13,15,17-19,21,23,26,29,32,35,38-57,59,61-64H2,1-5H3,(H-,68,71,72,73)/b10-8-,16-14-,22-20-,25-24-,28-27-,31-30-,34-33-,37-36-,60-58+. The Morgan fingerprint density at radius 3 is 1.17 bits per heavy atom. The van der Waals surface area contributed by atoms with Crippen LogP contribution in [0.4, 0.5) is 0 Å². The molecule has 3 unspecified atom stereocenters. The quantitative estimate of drug-likeness (QED) is 0.0272. The molecule has 0 fully saturated rings. The van der Waals surface area contributed by atoms with Crippen LogP contribution in [0.5, 0.6) is 0 Å². The molecule has 438 valence electrons. The Balaban J connectivity index is 4.05. The highest BCUT2D eigenvalue weighted by atomic mass is 31.2. The van der Waals surface area contributed by atoms with Crippen LogP contribution in [0.1, 0.15) is 258 Å². The zero-order valence-electron chi connectivity index (χ0n) is 49.9. The number of phosphoric ester groups is 1. The van der Waals surface area contributed by atoms with E-state index in [0.717, 1.165) is 89.9 Å². The van der Waals surface area contributed by atoms with E-state index in [-0.39, 0.29) is 19.1 Å². The fourth-order valence-electron chi connectivity index (χ4n) is 8.64. The molecule has 0 aromatic rings. The normalized spacial score (nSPS) is 14.6. The van der Waals surface area contributed by atoms with Crippen LogP contribution in [0.2, 0.25) is 0 Å². The van der Waals surface area contributed by atoms with Gasteiger partial charge in [-0.05, 0) is 83.5 Å². The minimum atomic E-state index is -4.60. The molecule has 1 amide bonds. The van der Waals surface area contributed by atoms with Gasteiger partial charge in [0, 0.05) is 6.42 Å². The topological polar surface area (TPSA) is 108 Å². The number of likely N-dealkylation sites (N-methyl/N-ethyl adjacent to an activating group) is 1. The first-order valence-electron chi connectivity index (χ1n) is 31.2. The number of carbonyl (C=O) groups excluding carboxylic acids is 1. The van der Waals surface area contributed by atoms with Gasteiger partial charge in [-0.2, -0.15) is 0 Å². The molecule has 2 N–H and O–H groups in total. The fourth-order valence-corrected chi connectivity index (χ4v) is 9.36. The summed E-state index contributed by atoms with van der Waals surface area (Å²) < 4.78 is 23.3. The third kappa shape index (κ3) is 58.8. The molecule has 0 aliphatic heterocycles. The minimum absolute atomic E-state index is 0.00428. The summed E-state index contributed by atoms with van der Waals surface area (Å²) >= 11 is 0. The molecular formula is C67H119N2O6P. The first kappa shape index (κ1) is 73.2. The SMILES string of the molecule is CC/C=C\C/C=C\C/C=C\C/C=C\C/C=C\C/C=C\C/C=C\C/C=C\CCCCCCCCCCCCCCCCC(=O)NC(COP(=O)([O-])OCC[N+](C)(C)C)C(O)/C=C/CCCCCCCCCCCCCCC. The number of nitrogens with one attached hydrogen (secondary N) is 1. The molecule has 0 aromatic heterocycles. The molecule has 76 heavy (non-hydrogen) atoms. The number of aliphatic hydroxyl groups is 1. The highest BCUT2D eigenvalue weighted by molar-refractivity contribution is 7.45. The largest absolute Gasteiger partial charge is 0.756 e. The van der Waals surface area contributed by atoms with Crippen LogP contribution in [0, 0.1) is 0 Å². The summed E-state index contributed by atoms with van der Waals surface area (Å²) in [6.07, 6.45) is 83.2. The Morgan fingerprint density at radius 2 is 0.803 bits per heavy atom. The van der Waals surface area contributed by atoms with Crippen molar-refractivity contribution in [2.45, 2.75) is 270 Å². The Kier molecular flexibility index (Phi) is 54.7. The molecule has 3 atom stereocenters. The molecule has 0 bridgehead atoms. The molecular weight excluding hydrogens is 960 g/mol. The van der Waals surface area contributed by atoms with Gasteiger partial charge >= 0.3 is 0 Å². The molecule has 0 saturated heterocycles. The van der Waals surface area contributed by atoms with E-state index >= 15 is 0 Å². The van der Waals surface area contributed by atoms with Crippen LogP contribution >= 0.6 is 7.82 Å². The van der Waals surface area contributed by atoms with Crippen LogP contribution < -0.4 is 10.2 Å². The number of amides is 1. The number of rotatable bonds is 56. The van der Waals surface area contributed by atoms with Crippen molar-refractivity contribution in [2.75, 3.05) is 40.9 Å². The third-order valence-electron chi connectivity index (χ3n) is 13.5. The smallest absolute Gasteiger partial charge is 0.268 e. The summed E-state index contributed by atoms with van der Waals surface area (Å²) in [5.41, 5.74) is 0. The predicted molar refractivity (Wildman–Crippen MR) is 329 cm³/mol. The average Bonchev–Trinajstić information content (AvgIpc) is 3.38. The Bertz CT molecular complexity index is 1600. The summed E-state index contributed by atoms with van der Waals surface area (Å²) in [5.74, 6) is -0.201. The van der Waals surface area contributed by atoms with Crippen LogP contribution in [0.25, 0.3) is 0 Å². The second-order valence-electron chi connectivity index (χ2n) is 22.0. The van der Waals surface area contributed by atoms with Gasteiger partial charge < -0.3 is 28.8 Å². The number of carbonyl (C=O) groups is 1. The van der Waals surface area contributed by atoms with E-state index in [1.54, 1.807) is 6.08 Å². The number of unbranched alkanes of at least 4 members (excludes halogenated alkanes) is 27. The maximum absolute atomic E-state index is 13.0. The lowest BCUT2D eigenvalue weighted by atomic mass is 10.0. The number of nitrogens with zero attached hydrogens (tertiary/aromatic N) is 1.